The molecule has 0 saturated heterocycles. The monoisotopic (exact) mass is 429 g/mol. The highest BCUT2D eigenvalue weighted by Gasteiger charge is 2.19. The molecule has 1 heterocycles. The molecule has 29 heavy (non-hydrogen) atoms. The Bertz CT molecular complexity index is 1050. The van der Waals surface area contributed by atoms with Gasteiger partial charge in [0.05, 0.1) is 16.9 Å². The second-order valence-corrected chi connectivity index (χ2v) is 7.36. The lowest BCUT2D eigenvalue weighted by Crippen LogP contribution is -2.26. The van der Waals surface area contributed by atoms with Gasteiger partial charge in [0.15, 0.2) is 6.10 Å². The van der Waals surface area contributed by atoms with Crippen LogP contribution in [0.2, 0.25) is 10.0 Å². The summed E-state index contributed by atoms with van der Waals surface area (Å²) in [7, 11) is 1.49. The van der Waals surface area contributed by atoms with E-state index in [1.165, 1.54) is 7.11 Å². The number of amides is 1. The van der Waals surface area contributed by atoms with Crippen molar-refractivity contribution in [1.82, 2.24) is 9.99 Å². The normalized spacial score (nSPS) is 12.3. The molecule has 2 aromatic carbocycles. The average molecular weight is 430 g/mol. The van der Waals surface area contributed by atoms with Crippen molar-refractivity contribution in [3.8, 4) is 5.69 Å². The van der Waals surface area contributed by atoms with Crippen molar-refractivity contribution in [2.45, 2.75) is 20.0 Å². The third-order valence-electron chi connectivity index (χ3n) is 4.57. The van der Waals surface area contributed by atoms with Gasteiger partial charge in [0.1, 0.15) is 0 Å². The first kappa shape index (κ1) is 21.1. The quantitative estimate of drug-likeness (QED) is 0.430. The van der Waals surface area contributed by atoms with E-state index >= 15 is 0 Å². The Morgan fingerprint density at radius 1 is 1.14 bits per heavy atom. The molecule has 3 aromatic rings. The number of hydrogen-bond donors (Lipinski definition) is 1. The second-order valence-electron chi connectivity index (χ2n) is 6.52. The van der Waals surface area contributed by atoms with E-state index in [9.17, 15) is 4.79 Å². The van der Waals surface area contributed by atoms with Gasteiger partial charge in [0.2, 0.25) is 0 Å². The highest BCUT2D eigenvalue weighted by atomic mass is 35.5. The van der Waals surface area contributed by atoms with Crippen LogP contribution in [0.15, 0.2) is 59.7 Å². The lowest BCUT2D eigenvalue weighted by Gasteiger charge is -2.13. The number of rotatable bonds is 6. The molecule has 7 heteroatoms. The zero-order valence-electron chi connectivity index (χ0n) is 16.3. The summed E-state index contributed by atoms with van der Waals surface area (Å²) >= 11 is 12.5. The number of halogens is 2. The molecule has 150 valence electrons. The van der Waals surface area contributed by atoms with E-state index in [1.807, 2.05) is 60.9 Å². The van der Waals surface area contributed by atoms with Crippen molar-refractivity contribution in [1.29, 1.82) is 0 Å². The zero-order valence-corrected chi connectivity index (χ0v) is 17.8. The first-order valence-corrected chi connectivity index (χ1v) is 9.73. The topological polar surface area (TPSA) is 55.6 Å². The number of carbonyl (C=O) groups is 1. The predicted octanol–water partition coefficient (Wildman–Crippen LogP) is 5.24. The number of hydrazone groups is 1. The van der Waals surface area contributed by atoms with Gasteiger partial charge in [0, 0.05) is 29.1 Å². The van der Waals surface area contributed by atoms with Crippen LogP contribution in [0.3, 0.4) is 0 Å². The Kier molecular flexibility index (Phi) is 6.75. The van der Waals surface area contributed by atoms with Gasteiger partial charge in [-0.25, -0.2) is 5.43 Å². The molecule has 0 saturated carbocycles. The van der Waals surface area contributed by atoms with E-state index in [2.05, 4.69) is 10.5 Å². The molecule has 0 aliphatic heterocycles. The summed E-state index contributed by atoms with van der Waals surface area (Å²) in [5, 5.41) is 5.31. The maximum atomic E-state index is 12.4. The molecule has 3 rings (SSSR count). The van der Waals surface area contributed by atoms with Crippen LogP contribution in [0.25, 0.3) is 5.69 Å². The van der Waals surface area contributed by atoms with E-state index in [0.717, 1.165) is 28.2 Å². The molecule has 5 nitrogen and oxygen atoms in total. The number of nitrogens with zero attached hydrogens (tertiary/aromatic N) is 2. The molecule has 1 N–H and O–H groups in total. The van der Waals surface area contributed by atoms with Crippen molar-refractivity contribution in [2.75, 3.05) is 7.11 Å². The molecule has 0 aliphatic rings. The van der Waals surface area contributed by atoms with Gasteiger partial charge in [-0.05, 0) is 43.7 Å². The average Bonchev–Trinajstić information content (AvgIpc) is 2.98. The molecule has 1 aromatic heterocycles. The molecule has 0 spiro atoms. The second kappa shape index (κ2) is 9.27. The predicted molar refractivity (Wildman–Crippen MR) is 117 cm³/mol. The van der Waals surface area contributed by atoms with E-state index in [4.69, 9.17) is 27.9 Å². The molecule has 0 radical (unpaired) electrons. The van der Waals surface area contributed by atoms with E-state index < -0.39 is 6.10 Å². The van der Waals surface area contributed by atoms with Gasteiger partial charge in [0.25, 0.3) is 5.91 Å². The summed E-state index contributed by atoms with van der Waals surface area (Å²) in [6.07, 6.45) is 0.874. The fraction of sp³-hybridized carbons (Fsp3) is 0.182. The molecule has 0 bridgehead atoms. The molecule has 1 amide bonds. The van der Waals surface area contributed by atoms with Crippen LogP contribution in [-0.4, -0.2) is 23.8 Å². The number of hydrogen-bond acceptors (Lipinski definition) is 3. The lowest BCUT2D eigenvalue weighted by molar-refractivity contribution is -0.131. The Morgan fingerprint density at radius 2 is 1.86 bits per heavy atom. The van der Waals surface area contributed by atoms with E-state index in [0.29, 0.717) is 10.0 Å². The number of aromatic nitrogens is 1. The summed E-state index contributed by atoms with van der Waals surface area (Å²) in [6, 6.07) is 16.6. The van der Waals surface area contributed by atoms with Crippen molar-refractivity contribution < 1.29 is 9.53 Å². The first-order valence-electron chi connectivity index (χ1n) is 8.97. The summed E-state index contributed by atoms with van der Waals surface area (Å²) in [6.45, 7) is 3.92. The number of methoxy groups -OCH3 is 1. The van der Waals surface area contributed by atoms with Crippen molar-refractivity contribution >= 4 is 35.3 Å². The minimum absolute atomic E-state index is 0.346. The van der Waals surface area contributed by atoms with Gasteiger partial charge in [-0.3, -0.25) is 4.79 Å². The van der Waals surface area contributed by atoms with Crippen LogP contribution < -0.4 is 5.43 Å². The maximum absolute atomic E-state index is 12.4. The molecule has 0 aliphatic carbocycles. The largest absolute Gasteiger partial charge is 0.367 e. The summed E-state index contributed by atoms with van der Waals surface area (Å²) in [5.74, 6) is -0.346. The lowest BCUT2D eigenvalue weighted by atomic mass is 10.1. The van der Waals surface area contributed by atoms with E-state index in [-0.39, 0.29) is 5.91 Å². The van der Waals surface area contributed by atoms with Gasteiger partial charge >= 0.3 is 0 Å². The summed E-state index contributed by atoms with van der Waals surface area (Å²) < 4.78 is 7.31. The minimum Gasteiger partial charge on any atom is -0.367 e. The molecule has 0 unspecified atom stereocenters. The molecule has 0 fully saturated rings. The SMILES string of the molecule is CO[C@@H](C(=O)N/N=C\c1cc(C)n(-c2cc(Cl)ccc2Cl)c1C)c1ccccc1. The third-order valence-corrected chi connectivity index (χ3v) is 5.13. The van der Waals surface area contributed by atoms with Gasteiger partial charge in [-0.2, -0.15) is 5.10 Å². The van der Waals surface area contributed by atoms with Crippen LogP contribution in [0.5, 0.6) is 0 Å². The Balaban J connectivity index is 1.80. The minimum atomic E-state index is -0.731. The molecule has 1 atom stereocenters. The number of ether oxygens (including phenoxy) is 1. The van der Waals surface area contributed by atoms with Crippen molar-refractivity contribution in [3.05, 3.63) is 87.2 Å². The zero-order chi connectivity index (χ0) is 21.0. The fourth-order valence-corrected chi connectivity index (χ4v) is 3.56. The molecular formula is C22H21Cl2N3O2. The smallest absolute Gasteiger partial charge is 0.273 e. The molecular weight excluding hydrogens is 409 g/mol. The van der Waals surface area contributed by atoms with Crippen LogP contribution in [-0.2, 0) is 9.53 Å². The van der Waals surface area contributed by atoms with Crippen molar-refractivity contribution in [2.24, 2.45) is 5.10 Å². The van der Waals surface area contributed by atoms with Gasteiger partial charge in [-0.15, -0.1) is 0 Å². The Labute approximate surface area is 179 Å². The maximum Gasteiger partial charge on any atom is 0.273 e. The standard InChI is InChI=1S/C22H21Cl2N3O2/c1-14-11-17(15(2)27(14)20-12-18(23)9-10-19(20)24)13-25-26-22(28)21(29-3)16-7-5-4-6-8-16/h4-13,21H,1-3H3,(H,26,28)/b25-13-/t21-/m1/s1. The number of carbonyl (C=O) groups excluding carboxylic acids is 1. The fourth-order valence-electron chi connectivity index (χ4n) is 3.19. The first-order chi connectivity index (χ1) is 13.9. The van der Waals surface area contributed by atoms with Crippen LogP contribution in [0.1, 0.15) is 28.6 Å². The number of aryl methyl sites for hydroxylation is 1. The number of nitrogens with one attached hydrogen (secondary N) is 1. The Morgan fingerprint density at radius 3 is 2.55 bits per heavy atom. The highest BCUT2D eigenvalue weighted by molar-refractivity contribution is 6.34. The highest BCUT2D eigenvalue weighted by Crippen LogP contribution is 2.28. The number of benzene rings is 2. The summed E-state index contributed by atoms with van der Waals surface area (Å²) in [4.78, 5) is 12.4. The third kappa shape index (κ3) is 4.70. The van der Waals surface area contributed by atoms with Crippen LogP contribution in [0.4, 0.5) is 0 Å². The Hall–Kier alpha value is -2.60. The van der Waals surface area contributed by atoms with Gasteiger partial charge in [-0.1, -0.05) is 53.5 Å². The van der Waals surface area contributed by atoms with Crippen LogP contribution >= 0.6 is 23.2 Å². The van der Waals surface area contributed by atoms with E-state index in [1.54, 1.807) is 18.3 Å². The van der Waals surface area contributed by atoms with Gasteiger partial charge < -0.3 is 9.30 Å². The van der Waals surface area contributed by atoms with Crippen molar-refractivity contribution in [3.63, 3.8) is 0 Å². The van der Waals surface area contributed by atoms with Crippen LogP contribution in [0, 0.1) is 13.8 Å². The summed E-state index contributed by atoms with van der Waals surface area (Å²) in [5.41, 5.74) is 6.85.